The zero-order valence-electron chi connectivity index (χ0n) is 33.7. The molecule has 4 heteroatoms. The van der Waals surface area contributed by atoms with Crippen LogP contribution in [0.25, 0.3) is 0 Å². The van der Waals surface area contributed by atoms with Gasteiger partial charge in [-0.05, 0) is 57.8 Å². The summed E-state index contributed by atoms with van der Waals surface area (Å²) in [7, 11) is 0. The third-order valence-corrected chi connectivity index (χ3v) is 10.1. The van der Waals surface area contributed by atoms with Gasteiger partial charge in [-0.15, -0.1) is 0 Å². The van der Waals surface area contributed by atoms with E-state index in [1.807, 2.05) is 6.08 Å². The Morgan fingerprint density at radius 1 is 0.460 bits per heavy atom. The van der Waals surface area contributed by atoms with Gasteiger partial charge in [0, 0.05) is 6.42 Å². The summed E-state index contributed by atoms with van der Waals surface area (Å²) in [4.78, 5) is 12.3. The summed E-state index contributed by atoms with van der Waals surface area (Å²) in [5, 5.41) is 22.8. The molecule has 2 atom stereocenters. The van der Waals surface area contributed by atoms with E-state index in [-0.39, 0.29) is 12.5 Å². The van der Waals surface area contributed by atoms with Crippen LogP contribution in [0.5, 0.6) is 0 Å². The van der Waals surface area contributed by atoms with Gasteiger partial charge in [0.15, 0.2) is 0 Å². The quantitative estimate of drug-likeness (QED) is 0.0440. The van der Waals surface area contributed by atoms with Crippen LogP contribution in [0.2, 0.25) is 0 Å². The molecular formula is C46H87NO3. The highest BCUT2D eigenvalue weighted by Gasteiger charge is 2.17. The molecule has 1 amide bonds. The Kier molecular flexibility index (Phi) is 40.9. The van der Waals surface area contributed by atoms with Crippen LogP contribution in [0, 0.1) is 0 Å². The van der Waals surface area contributed by atoms with Gasteiger partial charge in [-0.3, -0.25) is 4.79 Å². The van der Waals surface area contributed by atoms with Gasteiger partial charge in [0.2, 0.25) is 5.91 Å². The summed E-state index contributed by atoms with van der Waals surface area (Å²) in [6.45, 7) is 4.25. The van der Waals surface area contributed by atoms with Crippen LogP contribution in [-0.4, -0.2) is 34.9 Å². The van der Waals surface area contributed by atoms with Crippen molar-refractivity contribution in [3.8, 4) is 0 Å². The third kappa shape index (κ3) is 37.9. The fourth-order valence-electron chi connectivity index (χ4n) is 6.66. The van der Waals surface area contributed by atoms with Gasteiger partial charge < -0.3 is 15.5 Å². The monoisotopic (exact) mass is 702 g/mol. The van der Waals surface area contributed by atoms with Crippen molar-refractivity contribution >= 4 is 5.91 Å². The lowest BCUT2D eigenvalue weighted by Crippen LogP contribution is -2.45. The molecule has 0 bridgehead atoms. The molecular weight excluding hydrogens is 615 g/mol. The minimum Gasteiger partial charge on any atom is -0.394 e. The Balaban J connectivity index is 3.45. The Morgan fingerprint density at radius 2 is 0.780 bits per heavy atom. The number of carbonyl (C=O) groups excluding carboxylic acids is 1. The largest absolute Gasteiger partial charge is 0.394 e. The molecule has 0 aromatic heterocycles. The van der Waals surface area contributed by atoms with Gasteiger partial charge in [-0.25, -0.2) is 0 Å². The first kappa shape index (κ1) is 48.6. The number of rotatable bonds is 40. The Hall–Kier alpha value is -1.39. The second-order valence-electron chi connectivity index (χ2n) is 15.1. The number of amides is 1. The molecule has 4 nitrogen and oxygen atoms in total. The number of unbranched alkanes of at least 4 members (excludes halogenated alkanes) is 29. The molecule has 0 aliphatic carbocycles. The topological polar surface area (TPSA) is 69.6 Å². The molecule has 3 N–H and O–H groups in total. The molecule has 0 saturated heterocycles. The van der Waals surface area contributed by atoms with Crippen LogP contribution in [0.4, 0.5) is 0 Å². The lowest BCUT2D eigenvalue weighted by molar-refractivity contribution is -0.123. The average molecular weight is 702 g/mol. The van der Waals surface area contributed by atoms with Gasteiger partial charge in [0.05, 0.1) is 18.8 Å². The number of carbonyl (C=O) groups is 1. The van der Waals surface area contributed by atoms with Gasteiger partial charge in [-0.2, -0.15) is 0 Å². The number of nitrogens with one attached hydrogen (secondary N) is 1. The van der Waals surface area contributed by atoms with Crippen LogP contribution < -0.4 is 5.32 Å². The highest BCUT2D eigenvalue weighted by atomic mass is 16.3. The molecule has 50 heavy (non-hydrogen) atoms. The van der Waals surface area contributed by atoms with E-state index in [9.17, 15) is 15.0 Å². The summed E-state index contributed by atoms with van der Waals surface area (Å²) in [6, 6.07) is -0.635. The van der Waals surface area contributed by atoms with Crippen molar-refractivity contribution in [3.05, 3.63) is 36.5 Å². The molecule has 0 fully saturated rings. The lowest BCUT2D eigenvalue weighted by atomic mass is 10.0. The highest BCUT2D eigenvalue weighted by molar-refractivity contribution is 5.76. The summed E-state index contributed by atoms with van der Waals surface area (Å²) in [5.41, 5.74) is 0. The van der Waals surface area contributed by atoms with Gasteiger partial charge >= 0.3 is 0 Å². The van der Waals surface area contributed by atoms with Crippen molar-refractivity contribution in [3.63, 3.8) is 0 Å². The number of aliphatic hydroxyl groups excluding tert-OH is 2. The number of hydrogen-bond donors (Lipinski definition) is 3. The molecule has 0 saturated carbocycles. The summed E-state index contributed by atoms with van der Waals surface area (Å²) < 4.78 is 0. The molecule has 0 aliphatic rings. The Morgan fingerprint density at radius 3 is 1.20 bits per heavy atom. The normalized spacial score (nSPS) is 13.3. The molecule has 0 aromatic rings. The molecule has 294 valence electrons. The van der Waals surface area contributed by atoms with Crippen molar-refractivity contribution in [1.82, 2.24) is 5.32 Å². The van der Waals surface area contributed by atoms with E-state index in [1.54, 1.807) is 6.08 Å². The smallest absolute Gasteiger partial charge is 0.220 e. The molecule has 0 aromatic carbocycles. The van der Waals surface area contributed by atoms with Crippen LogP contribution in [0.3, 0.4) is 0 Å². The fraction of sp³-hybridized carbons (Fsp3) is 0.848. The Bertz CT molecular complexity index is 760. The van der Waals surface area contributed by atoms with Crippen molar-refractivity contribution in [2.24, 2.45) is 0 Å². The first-order valence-corrected chi connectivity index (χ1v) is 22.2. The van der Waals surface area contributed by atoms with Crippen molar-refractivity contribution in [1.29, 1.82) is 0 Å². The molecule has 0 rings (SSSR count). The molecule has 0 radical (unpaired) electrons. The maximum atomic E-state index is 12.3. The molecule has 0 spiro atoms. The number of hydrogen-bond acceptors (Lipinski definition) is 3. The second-order valence-corrected chi connectivity index (χ2v) is 15.1. The van der Waals surface area contributed by atoms with E-state index in [0.29, 0.717) is 6.42 Å². The van der Waals surface area contributed by atoms with Crippen molar-refractivity contribution < 1.29 is 15.0 Å². The number of aliphatic hydroxyl groups is 2. The summed E-state index contributed by atoms with van der Waals surface area (Å²) in [6.07, 6.45) is 55.7. The van der Waals surface area contributed by atoms with E-state index >= 15 is 0 Å². The number of allylic oxidation sites excluding steroid dienone is 5. The van der Waals surface area contributed by atoms with Crippen LogP contribution >= 0.6 is 0 Å². The zero-order valence-corrected chi connectivity index (χ0v) is 33.7. The van der Waals surface area contributed by atoms with E-state index in [0.717, 1.165) is 32.1 Å². The van der Waals surface area contributed by atoms with E-state index < -0.39 is 12.1 Å². The van der Waals surface area contributed by atoms with Gasteiger partial charge in [-0.1, -0.05) is 204 Å². The second kappa shape index (κ2) is 42.0. The molecule has 0 heterocycles. The highest BCUT2D eigenvalue weighted by Crippen LogP contribution is 2.15. The lowest BCUT2D eigenvalue weighted by Gasteiger charge is -2.19. The fourth-order valence-corrected chi connectivity index (χ4v) is 6.66. The van der Waals surface area contributed by atoms with Crippen LogP contribution in [0.1, 0.15) is 232 Å². The minimum absolute atomic E-state index is 0.0759. The van der Waals surface area contributed by atoms with E-state index in [2.05, 4.69) is 43.5 Å². The first-order chi connectivity index (χ1) is 24.7. The van der Waals surface area contributed by atoms with Crippen molar-refractivity contribution in [2.75, 3.05) is 6.61 Å². The SMILES string of the molecule is CCCCC/C=C/CC/C=C/C(O)C(CO)NC(=O)CCCCCCCCCCCCCCC/C=C\CCCCCCCCCCCCCC. The van der Waals surface area contributed by atoms with E-state index in [1.165, 1.54) is 180 Å². The van der Waals surface area contributed by atoms with Gasteiger partial charge in [0.25, 0.3) is 0 Å². The predicted molar refractivity (Wildman–Crippen MR) is 221 cm³/mol. The third-order valence-electron chi connectivity index (χ3n) is 10.1. The van der Waals surface area contributed by atoms with Gasteiger partial charge in [0.1, 0.15) is 0 Å². The summed E-state index contributed by atoms with van der Waals surface area (Å²) >= 11 is 0. The zero-order chi connectivity index (χ0) is 36.4. The van der Waals surface area contributed by atoms with Crippen LogP contribution in [0.15, 0.2) is 36.5 Å². The van der Waals surface area contributed by atoms with E-state index in [4.69, 9.17) is 0 Å². The van der Waals surface area contributed by atoms with Crippen molar-refractivity contribution in [2.45, 2.75) is 244 Å². The van der Waals surface area contributed by atoms with Crippen LogP contribution in [-0.2, 0) is 4.79 Å². The Labute approximate surface area is 312 Å². The molecule has 2 unspecified atom stereocenters. The average Bonchev–Trinajstić information content (AvgIpc) is 3.12. The predicted octanol–water partition coefficient (Wildman–Crippen LogP) is 13.8. The minimum atomic E-state index is -0.858. The maximum absolute atomic E-state index is 12.3. The molecule has 0 aliphatic heterocycles. The summed E-state index contributed by atoms with van der Waals surface area (Å²) in [5.74, 6) is -0.0759. The first-order valence-electron chi connectivity index (χ1n) is 22.2. The maximum Gasteiger partial charge on any atom is 0.220 e. The standard InChI is InChI=1S/C46H87NO3/c1-3-5-7-9-11-13-14-15-16-17-18-19-20-21-22-23-24-25-26-27-28-29-30-31-32-34-36-38-40-42-46(50)47-44(43-48)45(49)41-39-37-35-33-12-10-8-6-4-2/h12,21-22,33,39,41,44-45,48-49H,3-11,13-20,23-32,34-38,40,42-43H2,1-2H3,(H,47,50)/b22-21-,33-12+,41-39+.